The van der Waals surface area contributed by atoms with E-state index in [-0.39, 0.29) is 5.91 Å². The van der Waals surface area contributed by atoms with Gasteiger partial charge in [0.1, 0.15) is 18.0 Å². The van der Waals surface area contributed by atoms with E-state index in [1.165, 1.54) is 5.56 Å². The zero-order valence-electron chi connectivity index (χ0n) is 15.5. The molecule has 6 heteroatoms. The Labute approximate surface area is 163 Å². The molecule has 0 saturated heterocycles. The third-order valence-electron chi connectivity index (χ3n) is 4.09. The Bertz CT molecular complexity index is 719. The molecule has 5 nitrogen and oxygen atoms in total. The van der Waals surface area contributed by atoms with E-state index in [2.05, 4.69) is 21.2 Å². The van der Waals surface area contributed by atoms with Gasteiger partial charge in [-0.05, 0) is 42.3 Å². The van der Waals surface area contributed by atoms with E-state index in [9.17, 15) is 4.79 Å². The molecule has 0 aliphatic heterocycles. The topological polar surface area (TPSA) is 52.0 Å². The monoisotopic (exact) mass is 421 g/mol. The van der Waals surface area contributed by atoms with Crippen molar-refractivity contribution >= 4 is 21.8 Å². The summed E-state index contributed by atoms with van der Waals surface area (Å²) >= 11 is 3.48. The molecule has 0 heterocycles. The van der Waals surface area contributed by atoms with Crippen LogP contribution < -0.4 is 19.7 Å². The molecule has 0 saturated carbocycles. The molecule has 0 aliphatic carbocycles. The van der Waals surface area contributed by atoms with Crippen molar-refractivity contribution in [2.75, 3.05) is 34.4 Å². The molecule has 2 N–H and O–H groups in total. The number of hydrogen-bond donors (Lipinski definition) is 2. The van der Waals surface area contributed by atoms with Crippen molar-refractivity contribution < 1.29 is 19.2 Å². The predicted octanol–water partition coefficient (Wildman–Crippen LogP) is 1.84. The zero-order valence-corrected chi connectivity index (χ0v) is 17.1. The second-order valence-corrected chi connectivity index (χ2v) is 7.13. The highest BCUT2D eigenvalue weighted by Crippen LogP contribution is 2.22. The van der Waals surface area contributed by atoms with Crippen LogP contribution in [0.25, 0.3) is 0 Å². The maximum atomic E-state index is 12.2. The summed E-state index contributed by atoms with van der Waals surface area (Å²) in [5.74, 6) is 1.73. The highest BCUT2D eigenvalue weighted by Gasteiger charge is 2.13. The summed E-state index contributed by atoms with van der Waals surface area (Å²) in [6.07, 6.45) is 0.800. The van der Waals surface area contributed by atoms with Gasteiger partial charge >= 0.3 is 0 Å². The van der Waals surface area contributed by atoms with Crippen LogP contribution in [0.4, 0.5) is 0 Å². The van der Waals surface area contributed by atoms with Crippen molar-refractivity contribution in [3.8, 4) is 11.5 Å². The number of carbonyl (C=O) groups excluding carboxylic acids is 1. The first-order chi connectivity index (χ1) is 12.5. The Morgan fingerprint density at radius 3 is 2.50 bits per heavy atom. The molecule has 0 bridgehead atoms. The summed E-state index contributed by atoms with van der Waals surface area (Å²) in [6, 6.07) is 13.8. The first-order valence-electron chi connectivity index (χ1n) is 8.55. The lowest BCUT2D eigenvalue weighted by Gasteiger charge is -2.16. The Morgan fingerprint density at radius 2 is 1.85 bits per heavy atom. The van der Waals surface area contributed by atoms with Gasteiger partial charge in [-0.2, -0.15) is 0 Å². The molecule has 2 rings (SSSR count). The SMILES string of the molecule is COc1ccc(CCNC(=O)C[NH+](C)Cc2cc(Br)ccc2OC)cc1. The molecule has 1 atom stereocenters. The van der Waals surface area contributed by atoms with Crippen LogP contribution in [-0.2, 0) is 17.8 Å². The van der Waals surface area contributed by atoms with Crippen LogP contribution >= 0.6 is 15.9 Å². The van der Waals surface area contributed by atoms with Crippen LogP contribution in [0.2, 0.25) is 0 Å². The lowest BCUT2D eigenvalue weighted by molar-refractivity contribution is -0.885. The van der Waals surface area contributed by atoms with E-state index in [4.69, 9.17) is 9.47 Å². The summed E-state index contributed by atoms with van der Waals surface area (Å²) in [4.78, 5) is 13.3. The molecule has 0 radical (unpaired) electrons. The smallest absolute Gasteiger partial charge is 0.275 e. The number of quaternary nitrogens is 1. The van der Waals surface area contributed by atoms with Gasteiger partial charge in [0.05, 0.1) is 21.3 Å². The van der Waals surface area contributed by atoms with Crippen molar-refractivity contribution in [2.24, 2.45) is 0 Å². The van der Waals surface area contributed by atoms with Crippen molar-refractivity contribution in [1.82, 2.24) is 5.32 Å². The Balaban J connectivity index is 1.77. The van der Waals surface area contributed by atoms with Crippen molar-refractivity contribution in [3.05, 3.63) is 58.1 Å². The molecule has 2 aromatic rings. The highest BCUT2D eigenvalue weighted by atomic mass is 79.9. The van der Waals surface area contributed by atoms with Crippen molar-refractivity contribution in [2.45, 2.75) is 13.0 Å². The van der Waals surface area contributed by atoms with Crippen molar-refractivity contribution in [1.29, 1.82) is 0 Å². The molecular weight excluding hydrogens is 396 g/mol. The number of benzene rings is 2. The van der Waals surface area contributed by atoms with Crippen LogP contribution in [0.5, 0.6) is 11.5 Å². The van der Waals surface area contributed by atoms with Gasteiger partial charge in [0.2, 0.25) is 0 Å². The summed E-state index contributed by atoms with van der Waals surface area (Å²) in [5, 5.41) is 2.98. The van der Waals surface area contributed by atoms with Gasteiger partial charge < -0.3 is 19.7 Å². The van der Waals surface area contributed by atoms with Crippen LogP contribution in [-0.4, -0.2) is 40.3 Å². The number of hydrogen-bond acceptors (Lipinski definition) is 3. The Morgan fingerprint density at radius 1 is 1.12 bits per heavy atom. The summed E-state index contributed by atoms with van der Waals surface area (Å²) in [7, 11) is 5.31. The standard InChI is InChI=1S/C20H25BrN2O3/c1-23(13-16-12-17(21)6-9-19(16)26-3)14-20(24)22-11-10-15-4-7-18(25-2)8-5-15/h4-9,12H,10-11,13-14H2,1-3H3,(H,22,24)/p+1. The molecule has 26 heavy (non-hydrogen) atoms. The average Bonchev–Trinajstić information content (AvgIpc) is 2.62. The largest absolute Gasteiger partial charge is 0.497 e. The van der Waals surface area contributed by atoms with E-state index in [1.807, 2.05) is 49.5 Å². The number of carbonyl (C=O) groups is 1. The van der Waals surface area contributed by atoms with Crippen LogP contribution in [0, 0.1) is 0 Å². The predicted molar refractivity (Wildman–Crippen MR) is 106 cm³/mol. The first-order valence-corrected chi connectivity index (χ1v) is 9.34. The number of likely N-dealkylation sites (N-methyl/N-ethyl adjacent to an activating group) is 1. The number of nitrogens with one attached hydrogen (secondary N) is 2. The second-order valence-electron chi connectivity index (χ2n) is 6.21. The molecule has 0 aromatic heterocycles. The number of rotatable bonds is 9. The first kappa shape index (κ1) is 20.3. The van der Waals surface area contributed by atoms with Gasteiger partial charge in [-0.1, -0.05) is 28.1 Å². The normalized spacial score (nSPS) is 11.7. The molecule has 2 aromatic carbocycles. The lowest BCUT2D eigenvalue weighted by atomic mass is 10.1. The number of methoxy groups -OCH3 is 2. The van der Waals surface area contributed by atoms with Gasteiger partial charge in [0.15, 0.2) is 6.54 Å². The van der Waals surface area contributed by atoms with Crippen LogP contribution in [0.15, 0.2) is 46.9 Å². The summed E-state index contributed by atoms with van der Waals surface area (Å²) in [6.45, 7) is 1.76. The molecule has 1 amide bonds. The minimum absolute atomic E-state index is 0.0463. The third-order valence-corrected chi connectivity index (χ3v) is 4.59. The number of halogens is 1. The molecular formula is C20H26BrN2O3+. The fraction of sp³-hybridized carbons (Fsp3) is 0.350. The fourth-order valence-electron chi connectivity index (χ4n) is 2.75. The highest BCUT2D eigenvalue weighted by molar-refractivity contribution is 9.10. The summed E-state index contributed by atoms with van der Waals surface area (Å²) < 4.78 is 11.5. The molecule has 1 unspecified atom stereocenters. The van der Waals surface area contributed by atoms with E-state index >= 15 is 0 Å². The molecule has 0 fully saturated rings. The van der Waals surface area contributed by atoms with Gasteiger partial charge in [0.25, 0.3) is 5.91 Å². The van der Waals surface area contributed by atoms with Gasteiger partial charge in [0, 0.05) is 16.6 Å². The second kappa shape index (κ2) is 10.2. The quantitative estimate of drug-likeness (QED) is 0.649. The average molecular weight is 422 g/mol. The maximum Gasteiger partial charge on any atom is 0.275 e. The third kappa shape index (κ3) is 6.35. The molecule has 0 aliphatic rings. The lowest BCUT2D eigenvalue weighted by Crippen LogP contribution is -3.08. The maximum absolute atomic E-state index is 12.2. The van der Waals surface area contributed by atoms with Crippen LogP contribution in [0.1, 0.15) is 11.1 Å². The number of ether oxygens (including phenoxy) is 2. The minimum Gasteiger partial charge on any atom is -0.497 e. The number of amides is 1. The van der Waals surface area contributed by atoms with E-state index in [1.54, 1.807) is 14.2 Å². The van der Waals surface area contributed by atoms with E-state index < -0.39 is 0 Å². The minimum atomic E-state index is 0.0463. The van der Waals surface area contributed by atoms with Gasteiger partial charge in [-0.3, -0.25) is 4.79 Å². The van der Waals surface area contributed by atoms with Gasteiger partial charge in [-0.15, -0.1) is 0 Å². The van der Waals surface area contributed by atoms with E-state index in [0.717, 1.165) is 32.9 Å². The molecule has 0 spiro atoms. The Hall–Kier alpha value is -2.05. The van der Waals surface area contributed by atoms with Gasteiger partial charge in [-0.25, -0.2) is 0 Å². The van der Waals surface area contributed by atoms with Crippen molar-refractivity contribution in [3.63, 3.8) is 0 Å². The summed E-state index contributed by atoms with van der Waals surface area (Å²) in [5.41, 5.74) is 2.25. The fourth-order valence-corrected chi connectivity index (χ4v) is 3.16. The Kier molecular flexibility index (Phi) is 7.94. The molecule has 140 valence electrons. The van der Waals surface area contributed by atoms with E-state index in [0.29, 0.717) is 19.6 Å². The van der Waals surface area contributed by atoms with Crippen LogP contribution in [0.3, 0.4) is 0 Å². The zero-order chi connectivity index (χ0) is 18.9.